The van der Waals surface area contributed by atoms with Crippen LogP contribution in [0.15, 0.2) is 40.8 Å². The van der Waals surface area contributed by atoms with Gasteiger partial charge in [0.15, 0.2) is 10.7 Å². The number of hydrogen-bond donors (Lipinski definition) is 2. The molecule has 1 amide bonds. The molecule has 2 N–H and O–H groups in total. The second-order valence-electron chi connectivity index (χ2n) is 5.88. The number of carbonyl (C=O) groups is 1. The Morgan fingerprint density at radius 1 is 1.20 bits per heavy atom. The highest BCUT2D eigenvalue weighted by Gasteiger charge is 2.11. The molecule has 0 spiro atoms. The van der Waals surface area contributed by atoms with Crippen molar-refractivity contribution in [1.29, 1.82) is 0 Å². The number of anilines is 1. The van der Waals surface area contributed by atoms with Crippen LogP contribution >= 0.6 is 12.2 Å². The van der Waals surface area contributed by atoms with Crippen molar-refractivity contribution in [3.8, 4) is 11.5 Å². The standard InChI is InChI=1S/C19H19N3O2S/c1-4-17(23)22-19(25)21-14-10-13(7-6-12(14)3)18-20-15-9-11(2)5-8-16(15)24-18/h5-10H,4H2,1-3H3,(H2,21,22,23,25). The van der Waals surface area contributed by atoms with Crippen LogP contribution in [0, 0.1) is 13.8 Å². The van der Waals surface area contributed by atoms with Crippen molar-refractivity contribution in [2.75, 3.05) is 5.32 Å². The number of fused-ring (bicyclic) bond motifs is 1. The summed E-state index contributed by atoms with van der Waals surface area (Å²) in [4.78, 5) is 16.0. The Bertz CT molecular complexity index is 962. The Labute approximate surface area is 151 Å². The average molecular weight is 353 g/mol. The lowest BCUT2D eigenvalue weighted by Gasteiger charge is -2.12. The zero-order valence-corrected chi connectivity index (χ0v) is 15.2. The fraction of sp³-hybridized carbons (Fsp3) is 0.211. The summed E-state index contributed by atoms with van der Waals surface area (Å²) in [6, 6.07) is 11.7. The van der Waals surface area contributed by atoms with Crippen molar-refractivity contribution >= 4 is 40.0 Å². The number of amides is 1. The molecule has 25 heavy (non-hydrogen) atoms. The average Bonchev–Trinajstić information content (AvgIpc) is 2.99. The maximum absolute atomic E-state index is 11.4. The Morgan fingerprint density at radius 2 is 2.00 bits per heavy atom. The lowest BCUT2D eigenvalue weighted by Crippen LogP contribution is -2.33. The summed E-state index contributed by atoms with van der Waals surface area (Å²) in [5, 5.41) is 5.97. The zero-order valence-electron chi connectivity index (χ0n) is 14.3. The van der Waals surface area contributed by atoms with Crippen LogP contribution in [-0.4, -0.2) is 16.0 Å². The van der Waals surface area contributed by atoms with E-state index in [0.717, 1.165) is 33.5 Å². The predicted molar refractivity (Wildman–Crippen MR) is 104 cm³/mol. The van der Waals surface area contributed by atoms with E-state index in [4.69, 9.17) is 16.6 Å². The number of thiocarbonyl (C=S) groups is 1. The van der Waals surface area contributed by atoms with E-state index >= 15 is 0 Å². The molecule has 2 aromatic carbocycles. The number of rotatable bonds is 3. The first-order valence-corrected chi connectivity index (χ1v) is 8.46. The molecule has 1 aromatic heterocycles. The van der Waals surface area contributed by atoms with Crippen LogP contribution < -0.4 is 10.6 Å². The summed E-state index contributed by atoms with van der Waals surface area (Å²) in [5.41, 5.74) is 5.36. The molecular formula is C19H19N3O2S. The van der Waals surface area contributed by atoms with Crippen LogP contribution in [0.5, 0.6) is 0 Å². The van der Waals surface area contributed by atoms with Crippen LogP contribution in [-0.2, 0) is 4.79 Å². The molecule has 0 saturated heterocycles. The molecule has 3 aromatic rings. The topological polar surface area (TPSA) is 67.2 Å². The van der Waals surface area contributed by atoms with Crippen LogP contribution in [0.25, 0.3) is 22.6 Å². The van der Waals surface area contributed by atoms with Gasteiger partial charge in [-0.1, -0.05) is 19.1 Å². The molecule has 0 fully saturated rings. The van der Waals surface area contributed by atoms with Crippen molar-refractivity contribution < 1.29 is 9.21 Å². The van der Waals surface area contributed by atoms with Crippen molar-refractivity contribution in [2.45, 2.75) is 27.2 Å². The minimum absolute atomic E-state index is 0.124. The summed E-state index contributed by atoms with van der Waals surface area (Å²) >= 11 is 5.18. The highest BCUT2D eigenvalue weighted by Crippen LogP contribution is 2.28. The molecule has 0 atom stereocenters. The quantitative estimate of drug-likeness (QED) is 0.686. The molecule has 0 aliphatic heterocycles. The smallest absolute Gasteiger partial charge is 0.227 e. The number of benzene rings is 2. The van der Waals surface area contributed by atoms with Crippen molar-refractivity contribution in [3.05, 3.63) is 47.5 Å². The third-order valence-corrected chi connectivity index (χ3v) is 4.05. The highest BCUT2D eigenvalue weighted by molar-refractivity contribution is 7.80. The van der Waals surface area contributed by atoms with Gasteiger partial charge >= 0.3 is 0 Å². The lowest BCUT2D eigenvalue weighted by atomic mass is 10.1. The van der Waals surface area contributed by atoms with Crippen molar-refractivity contribution in [3.63, 3.8) is 0 Å². The predicted octanol–water partition coefficient (Wildman–Crippen LogP) is 4.33. The summed E-state index contributed by atoms with van der Waals surface area (Å²) in [6.07, 6.45) is 0.378. The first-order valence-electron chi connectivity index (χ1n) is 8.05. The number of aromatic nitrogens is 1. The third kappa shape index (κ3) is 3.85. The highest BCUT2D eigenvalue weighted by atomic mass is 32.1. The van der Waals surface area contributed by atoms with E-state index in [9.17, 15) is 4.79 Å². The largest absolute Gasteiger partial charge is 0.436 e. The fourth-order valence-electron chi connectivity index (χ4n) is 2.42. The molecular weight excluding hydrogens is 334 g/mol. The molecule has 0 radical (unpaired) electrons. The molecule has 3 rings (SSSR count). The minimum Gasteiger partial charge on any atom is -0.436 e. The van der Waals surface area contributed by atoms with Crippen LogP contribution in [0.1, 0.15) is 24.5 Å². The summed E-state index contributed by atoms with van der Waals surface area (Å²) < 4.78 is 5.85. The normalized spacial score (nSPS) is 10.7. The minimum atomic E-state index is -0.124. The lowest BCUT2D eigenvalue weighted by molar-refractivity contribution is -0.119. The summed E-state index contributed by atoms with van der Waals surface area (Å²) in [6.45, 7) is 5.76. The number of nitrogens with zero attached hydrogens (tertiary/aromatic N) is 1. The van der Waals surface area contributed by atoms with Gasteiger partial charge in [0.2, 0.25) is 11.8 Å². The SMILES string of the molecule is CCC(=O)NC(=S)Nc1cc(-c2nc3cc(C)ccc3o2)ccc1C. The third-order valence-electron chi connectivity index (χ3n) is 3.85. The maximum atomic E-state index is 11.4. The number of hydrogen-bond acceptors (Lipinski definition) is 4. The fourth-order valence-corrected chi connectivity index (χ4v) is 2.64. The van der Waals surface area contributed by atoms with E-state index in [1.165, 1.54) is 0 Å². The Balaban J connectivity index is 1.89. The molecule has 6 heteroatoms. The summed E-state index contributed by atoms with van der Waals surface area (Å²) in [5.74, 6) is 0.424. The molecule has 0 aliphatic carbocycles. The first kappa shape index (κ1) is 17.1. The van der Waals surface area contributed by atoms with Crippen molar-refractivity contribution in [1.82, 2.24) is 10.3 Å². The van der Waals surface area contributed by atoms with Gasteiger partial charge in [0, 0.05) is 17.7 Å². The van der Waals surface area contributed by atoms with Gasteiger partial charge in [-0.2, -0.15) is 0 Å². The maximum Gasteiger partial charge on any atom is 0.227 e. The number of nitrogens with one attached hydrogen (secondary N) is 2. The molecule has 0 unspecified atom stereocenters. The van der Waals surface area contributed by atoms with Gasteiger partial charge in [-0.25, -0.2) is 4.98 Å². The van der Waals surface area contributed by atoms with Gasteiger partial charge < -0.3 is 15.1 Å². The molecule has 1 heterocycles. The zero-order chi connectivity index (χ0) is 18.0. The van der Waals surface area contributed by atoms with E-state index in [0.29, 0.717) is 12.3 Å². The van der Waals surface area contributed by atoms with E-state index in [-0.39, 0.29) is 11.0 Å². The molecule has 0 aliphatic rings. The molecule has 0 bridgehead atoms. The number of aryl methyl sites for hydroxylation is 2. The van der Waals surface area contributed by atoms with Gasteiger partial charge in [0.1, 0.15) is 5.52 Å². The number of oxazole rings is 1. The number of carbonyl (C=O) groups excluding carboxylic acids is 1. The van der Waals surface area contributed by atoms with Crippen LogP contribution in [0.3, 0.4) is 0 Å². The Kier molecular flexibility index (Phi) is 4.81. The van der Waals surface area contributed by atoms with Gasteiger partial charge in [-0.3, -0.25) is 4.79 Å². The second kappa shape index (κ2) is 7.03. The van der Waals surface area contributed by atoms with Gasteiger partial charge in [0.05, 0.1) is 0 Å². The first-order chi connectivity index (χ1) is 12.0. The van der Waals surface area contributed by atoms with E-state index in [1.807, 2.05) is 50.2 Å². The van der Waals surface area contributed by atoms with Gasteiger partial charge in [-0.15, -0.1) is 0 Å². The van der Waals surface area contributed by atoms with Crippen LogP contribution in [0.2, 0.25) is 0 Å². The molecule has 128 valence electrons. The van der Waals surface area contributed by atoms with Crippen molar-refractivity contribution in [2.24, 2.45) is 0 Å². The van der Waals surface area contributed by atoms with Gasteiger partial charge in [-0.05, 0) is 61.5 Å². The summed E-state index contributed by atoms with van der Waals surface area (Å²) in [7, 11) is 0. The monoisotopic (exact) mass is 353 g/mol. The molecule has 0 saturated carbocycles. The Hall–Kier alpha value is -2.73. The van der Waals surface area contributed by atoms with E-state index < -0.39 is 0 Å². The second-order valence-corrected chi connectivity index (χ2v) is 6.28. The molecule has 5 nitrogen and oxygen atoms in total. The van der Waals surface area contributed by atoms with E-state index in [2.05, 4.69) is 15.6 Å². The van der Waals surface area contributed by atoms with E-state index in [1.54, 1.807) is 6.92 Å². The Morgan fingerprint density at radius 3 is 2.76 bits per heavy atom. The van der Waals surface area contributed by atoms with Crippen LogP contribution in [0.4, 0.5) is 5.69 Å². The van der Waals surface area contributed by atoms with Gasteiger partial charge in [0.25, 0.3) is 0 Å².